The number of nitrogens with zero attached hydrogens (tertiary/aromatic N) is 2. The lowest BCUT2D eigenvalue weighted by atomic mass is 9.97. The van der Waals surface area contributed by atoms with Crippen molar-refractivity contribution in [3.8, 4) is 5.75 Å². The van der Waals surface area contributed by atoms with Crippen LogP contribution in [0.15, 0.2) is 29.3 Å². The van der Waals surface area contributed by atoms with Crippen LogP contribution in [0.3, 0.4) is 0 Å². The van der Waals surface area contributed by atoms with Gasteiger partial charge >= 0.3 is 5.97 Å². The summed E-state index contributed by atoms with van der Waals surface area (Å²) in [5, 5.41) is 51.9. The smallest absolute Gasteiger partial charge is 0.328 e. The molecule has 1 aromatic rings. The molecule has 1 aromatic carbocycles. The van der Waals surface area contributed by atoms with Crippen LogP contribution in [0.5, 0.6) is 5.75 Å². The van der Waals surface area contributed by atoms with Gasteiger partial charge < -0.3 is 69.1 Å². The van der Waals surface area contributed by atoms with Crippen LogP contribution in [0.1, 0.15) is 78.7 Å². The average Bonchev–Trinajstić information content (AvgIpc) is 3.68. The van der Waals surface area contributed by atoms with E-state index in [0.29, 0.717) is 24.8 Å². The van der Waals surface area contributed by atoms with Gasteiger partial charge in [0.05, 0.1) is 18.8 Å². The third kappa shape index (κ3) is 15.9. The summed E-state index contributed by atoms with van der Waals surface area (Å²) >= 11 is 0. The van der Waals surface area contributed by atoms with Gasteiger partial charge in [0.25, 0.3) is 0 Å². The molecule has 21 nitrogen and oxygen atoms in total. The van der Waals surface area contributed by atoms with Crippen molar-refractivity contribution in [1.82, 2.24) is 31.5 Å². The number of hydrogen-bond acceptors (Lipinski definition) is 12. The molecule has 9 atom stereocenters. The molecule has 0 bridgehead atoms. The summed E-state index contributed by atoms with van der Waals surface area (Å²) in [5.74, 6) is -6.80. The molecule has 2 rings (SSSR count). The van der Waals surface area contributed by atoms with Gasteiger partial charge in [-0.2, -0.15) is 0 Å². The number of hydrogen-bond donors (Lipinski definition) is 12. The molecular weight excluding hydrogens is 784 g/mol. The van der Waals surface area contributed by atoms with Crippen molar-refractivity contribution >= 4 is 47.4 Å². The topological polar surface area (TPSA) is 354 Å². The second-order valence-electron chi connectivity index (χ2n) is 15.5. The summed E-state index contributed by atoms with van der Waals surface area (Å²) in [6.45, 7) is 7.74. The molecule has 1 aliphatic rings. The number of nitrogens with one attached hydrogen (secondary N) is 5. The monoisotopic (exact) mass is 848 g/mol. The van der Waals surface area contributed by atoms with Crippen molar-refractivity contribution in [3.05, 3.63) is 29.8 Å². The van der Waals surface area contributed by atoms with E-state index in [1.54, 1.807) is 27.7 Å². The zero-order valence-electron chi connectivity index (χ0n) is 34.9. The first-order valence-electron chi connectivity index (χ1n) is 20.1. The molecule has 1 saturated heterocycles. The molecule has 0 saturated carbocycles. The van der Waals surface area contributed by atoms with Gasteiger partial charge in [0.15, 0.2) is 12.0 Å². The van der Waals surface area contributed by atoms with Crippen LogP contribution in [-0.2, 0) is 40.0 Å². The number of likely N-dealkylation sites (tertiary alicyclic amines) is 1. The molecule has 0 radical (unpaired) electrons. The van der Waals surface area contributed by atoms with Gasteiger partial charge in [-0.3, -0.25) is 33.8 Å². The summed E-state index contributed by atoms with van der Waals surface area (Å²) in [5.41, 5.74) is 17.3. The Morgan fingerprint density at radius 2 is 1.45 bits per heavy atom. The molecule has 60 heavy (non-hydrogen) atoms. The maximum atomic E-state index is 14.1. The van der Waals surface area contributed by atoms with E-state index >= 15 is 0 Å². The Hall–Kier alpha value is -5.54. The number of aliphatic imine (C=N–C) groups is 1. The molecule has 336 valence electrons. The van der Waals surface area contributed by atoms with Crippen LogP contribution in [0.2, 0.25) is 0 Å². The fraction of sp³-hybridized carbons (Fsp3) is 0.641. The van der Waals surface area contributed by atoms with Crippen LogP contribution in [0, 0.1) is 11.8 Å². The highest BCUT2D eigenvalue weighted by atomic mass is 16.4. The first-order chi connectivity index (χ1) is 28.2. The molecule has 15 N–H and O–H groups in total. The zero-order chi connectivity index (χ0) is 45.3. The second kappa shape index (κ2) is 24.5. The number of phenols is 1. The third-order valence-corrected chi connectivity index (χ3v) is 10.1. The van der Waals surface area contributed by atoms with E-state index in [1.807, 2.05) is 0 Å². The number of carbonyl (C=O) groups is 7. The standard InChI is InChI=1S/C39H64N10O11/c1-6-21(4)30(36(57)48-31(22(5)51)38(59)60)47-35(56)29-10-8-16-49(29)37(58)27(17-20(2)3)45-34(55)28(19-50)46-33(54)26(18-23-11-13-24(52)14-12-23)44-32(53)25(40)9-7-15-43-39(41)42/h11-14,20-22,25-31,50-52H,6-10,15-19,40H2,1-5H3,(H,44,53)(H,45,55)(H,46,54)(H,47,56)(H,48,57)(H,59,60)(H4,41,42,43)/t21-,22+,25-,26-,27-,28-,29-,30-,31-/m0/s1. The van der Waals surface area contributed by atoms with Crippen molar-refractivity contribution in [2.24, 2.45) is 34.0 Å². The van der Waals surface area contributed by atoms with Gasteiger partial charge in [-0.15, -0.1) is 0 Å². The van der Waals surface area contributed by atoms with Crippen molar-refractivity contribution in [2.75, 3.05) is 19.7 Å². The van der Waals surface area contributed by atoms with E-state index in [2.05, 4.69) is 31.6 Å². The summed E-state index contributed by atoms with van der Waals surface area (Å²) in [6.07, 6.45) is 0.188. The van der Waals surface area contributed by atoms with Gasteiger partial charge in [0.2, 0.25) is 35.4 Å². The molecule has 1 fully saturated rings. The Morgan fingerprint density at radius 3 is 2.00 bits per heavy atom. The first kappa shape index (κ1) is 50.6. The van der Waals surface area contributed by atoms with Gasteiger partial charge in [-0.1, -0.05) is 46.2 Å². The number of carboxylic acids is 1. The van der Waals surface area contributed by atoms with E-state index in [0.717, 1.165) is 0 Å². The number of amides is 6. The van der Waals surface area contributed by atoms with E-state index in [-0.39, 0.29) is 56.4 Å². The predicted molar refractivity (Wildman–Crippen MR) is 219 cm³/mol. The summed E-state index contributed by atoms with van der Waals surface area (Å²) < 4.78 is 0. The van der Waals surface area contributed by atoms with E-state index < -0.39 is 102 Å². The van der Waals surface area contributed by atoms with Crippen molar-refractivity contribution in [3.63, 3.8) is 0 Å². The Morgan fingerprint density at radius 1 is 0.850 bits per heavy atom. The number of carbonyl (C=O) groups excluding carboxylic acids is 6. The van der Waals surface area contributed by atoms with Crippen LogP contribution >= 0.6 is 0 Å². The summed E-state index contributed by atoms with van der Waals surface area (Å²) in [7, 11) is 0. The lowest BCUT2D eigenvalue weighted by molar-refractivity contribution is -0.146. The Balaban J connectivity index is 2.26. The van der Waals surface area contributed by atoms with Gasteiger partial charge in [0, 0.05) is 19.5 Å². The van der Waals surface area contributed by atoms with Crippen LogP contribution in [0.4, 0.5) is 0 Å². The molecule has 1 aliphatic heterocycles. The quantitative estimate of drug-likeness (QED) is 0.0286. The highest BCUT2D eigenvalue weighted by Gasteiger charge is 2.41. The number of aliphatic carboxylic acids is 1. The molecule has 6 amide bonds. The summed E-state index contributed by atoms with van der Waals surface area (Å²) in [6, 6.07) is -3.17. The minimum absolute atomic E-state index is 0.0303. The minimum atomic E-state index is -1.63. The largest absolute Gasteiger partial charge is 0.508 e. The number of aliphatic hydroxyl groups is 2. The SMILES string of the molecule is CC[C@H](C)[C@H](NC(=O)[C@@H]1CCCN1C(=O)[C@H](CC(C)C)NC(=O)[C@H](CO)NC(=O)[C@H](Cc1ccc(O)cc1)NC(=O)[C@@H](N)CCCN=C(N)N)C(=O)N[C@H](C(=O)O)[C@@H](C)O. The molecular formula is C39H64N10O11. The molecule has 0 spiro atoms. The highest BCUT2D eigenvalue weighted by molar-refractivity contribution is 5.97. The van der Waals surface area contributed by atoms with Gasteiger partial charge in [-0.25, -0.2) is 4.79 Å². The fourth-order valence-electron chi connectivity index (χ4n) is 6.52. The maximum Gasteiger partial charge on any atom is 0.328 e. The third-order valence-electron chi connectivity index (χ3n) is 10.1. The lowest BCUT2D eigenvalue weighted by Crippen LogP contribution is -2.61. The number of aliphatic hydroxyl groups excluding tert-OH is 2. The van der Waals surface area contributed by atoms with E-state index in [9.17, 15) is 54.0 Å². The highest BCUT2D eigenvalue weighted by Crippen LogP contribution is 2.22. The summed E-state index contributed by atoms with van der Waals surface area (Å²) in [4.78, 5) is 98.3. The maximum absolute atomic E-state index is 14.1. The zero-order valence-corrected chi connectivity index (χ0v) is 34.9. The first-order valence-corrected chi connectivity index (χ1v) is 20.1. The van der Waals surface area contributed by atoms with Crippen LogP contribution in [0.25, 0.3) is 0 Å². The van der Waals surface area contributed by atoms with Gasteiger partial charge in [0.1, 0.15) is 36.0 Å². The predicted octanol–water partition coefficient (Wildman–Crippen LogP) is -2.72. The Kier molecular flexibility index (Phi) is 20.7. The fourth-order valence-corrected chi connectivity index (χ4v) is 6.52. The normalized spacial score (nSPS) is 17.8. The molecule has 1 heterocycles. The van der Waals surface area contributed by atoms with Crippen molar-refractivity contribution in [2.45, 2.75) is 128 Å². The second-order valence-corrected chi connectivity index (χ2v) is 15.5. The number of carboxylic acid groups (broad SMARTS) is 1. The Labute approximate surface area is 349 Å². The minimum Gasteiger partial charge on any atom is -0.508 e. The van der Waals surface area contributed by atoms with Crippen LogP contribution in [-0.4, -0.2) is 141 Å². The lowest BCUT2D eigenvalue weighted by Gasteiger charge is -2.32. The van der Waals surface area contributed by atoms with Crippen LogP contribution < -0.4 is 43.8 Å². The molecule has 0 aliphatic carbocycles. The number of aromatic hydroxyl groups is 1. The molecule has 21 heteroatoms. The Bertz CT molecular complexity index is 1660. The molecule has 0 unspecified atom stereocenters. The number of benzene rings is 1. The van der Waals surface area contributed by atoms with Crippen molar-refractivity contribution < 1.29 is 54.0 Å². The van der Waals surface area contributed by atoms with E-state index in [4.69, 9.17) is 17.2 Å². The number of guanidine groups is 1. The number of rotatable bonds is 24. The van der Waals surface area contributed by atoms with Gasteiger partial charge in [-0.05, 0) is 68.6 Å². The van der Waals surface area contributed by atoms with Crippen molar-refractivity contribution in [1.29, 1.82) is 0 Å². The number of phenolic OH excluding ortho intramolecular Hbond substituents is 1. The van der Waals surface area contributed by atoms with E-state index in [1.165, 1.54) is 36.1 Å². The molecule has 0 aromatic heterocycles. The average molecular weight is 849 g/mol. The number of nitrogens with two attached hydrogens (primary N) is 3.